The number of aliphatic hydroxyl groups excluding tert-OH is 1. The number of hydrogen-bond acceptors (Lipinski definition) is 5. The van der Waals surface area contributed by atoms with Crippen molar-refractivity contribution in [2.75, 3.05) is 4.90 Å². The molecule has 1 aromatic heterocycles. The van der Waals surface area contributed by atoms with Crippen molar-refractivity contribution in [3.8, 4) is 5.75 Å². The fraction of sp³-hybridized carbons (Fsp3) is 0.231. The molecule has 170 valence electrons. The lowest BCUT2D eigenvalue weighted by Gasteiger charge is -2.24. The third kappa shape index (κ3) is 4.26. The molecule has 33 heavy (non-hydrogen) atoms. The molecule has 0 spiro atoms. The topological polar surface area (TPSA) is 80.0 Å². The molecule has 0 aliphatic carbocycles. The Morgan fingerprint density at radius 1 is 1.06 bits per heavy atom. The molecule has 6 nitrogen and oxygen atoms in total. The number of hydrogen-bond donors (Lipinski definition) is 1. The third-order valence-electron chi connectivity index (χ3n) is 5.41. The van der Waals surface area contributed by atoms with Crippen molar-refractivity contribution in [3.05, 3.63) is 87.8 Å². The van der Waals surface area contributed by atoms with E-state index in [0.29, 0.717) is 33.5 Å². The molecule has 1 amide bonds. The first kappa shape index (κ1) is 22.7. The molecule has 3 aromatic rings. The van der Waals surface area contributed by atoms with Crippen LogP contribution in [0.2, 0.25) is 5.02 Å². The Hall–Kier alpha value is -3.51. The van der Waals surface area contributed by atoms with Crippen molar-refractivity contribution >= 4 is 34.7 Å². The summed E-state index contributed by atoms with van der Waals surface area (Å²) in [7, 11) is 0. The van der Waals surface area contributed by atoms with Crippen LogP contribution in [0.1, 0.15) is 42.5 Å². The van der Waals surface area contributed by atoms with Crippen LogP contribution in [0.5, 0.6) is 5.75 Å². The van der Waals surface area contributed by atoms with E-state index in [1.54, 1.807) is 61.5 Å². The molecule has 0 radical (unpaired) electrons. The van der Waals surface area contributed by atoms with E-state index in [9.17, 15) is 14.7 Å². The van der Waals surface area contributed by atoms with Crippen molar-refractivity contribution in [2.24, 2.45) is 0 Å². The number of anilines is 1. The van der Waals surface area contributed by atoms with Gasteiger partial charge in [0.05, 0.1) is 11.7 Å². The minimum Gasteiger partial charge on any atom is -0.507 e. The van der Waals surface area contributed by atoms with Gasteiger partial charge in [-0.05, 0) is 81.8 Å². The smallest absolute Gasteiger partial charge is 0.300 e. The van der Waals surface area contributed by atoms with E-state index in [-0.39, 0.29) is 17.4 Å². The maximum atomic E-state index is 13.2. The number of rotatable bonds is 5. The number of furan rings is 1. The maximum Gasteiger partial charge on any atom is 0.300 e. The Labute approximate surface area is 197 Å². The van der Waals surface area contributed by atoms with Gasteiger partial charge in [0.2, 0.25) is 0 Å². The van der Waals surface area contributed by atoms with E-state index in [0.717, 1.165) is 5.56 Å². The van der Waals surface area contributed by atoms with E-state index in [4.69, 9.17) is 20.8 Å². The zero-order valence-electron chi connectivity index (χ0n) is 18.8. The molecule has 0 bridgehead atoms. The SMILES string of the molecule is Cc1ccc(C2/C(=C(/O)c3ccc(OC(C)C)cc3)C(=O)C(=O)N2c2ccc(C)c(Cl)c2)o1. The first-order valence-electron chi connectivity index (χ1n) is 10.6. The number of aryl methyl sites for hydroxylation is 2. The summed E-state index contributed by atoms with van der Waals surface area (Å²) in [4.78, 5) is 27.6. The summed E-state index contributed by atoms with van der Waals surface area (Å²) in [5, 5.41) is 11.6. The minimum atomic E-state index is -0.941. The number of aliphatic hydroxyl groups is 1. The Kier molecular flexibility index (Phi) is 6.04. The highest BCUT2D eigenvalue weighted by atomic mass is 35.5. The normalized spacial score (nSPS) is 17.8. The lowest BCUT2D eigenvalue weighted by molar-refractivity contribution is -0.132. The summed E-state index contributed by atoms with van der Waals surface area (Å²) >= 11 is 6.30. The average molecular weight is 466 g/mol. The van der Waals surface area contributed by atoms with Gasteiger partial charge in [0, 0.05) is 16.3 Å². The van der Waals surface area contributed by atoms with Crippen LogP contribution < -0.4 is 9.64 Å². The van der Waals surface area contributed by atoms with Crippen molar-refractivity contribution in [3.63, 3.8) is 0 Å². The molecule has 1 saturated heterocycles. The van der Waals surface area contributed by atoms with Crippen molar-refractivity contribution in [1.82, 2.24) is 0 Å². The minimum absolute atomic E-state index is 0.00158. The fourth-order valence-electron chi connectivity index (χ4n) is 3.82. The van der Waals surface area contributed by atoms with Gasteiger partial charge >= 0.3 is 0 Å². The molecule has 0 saturated carbocycles. The number of carbonyl (C=O) groups excluding carboxylic acids is 2. The zero-order chi connectivity index (χ0) is 23.9. The van der Waals surface area contributed by atoms with Crippen LogP contribution in [0.3, 0.4) is 0 Å². The summed E-state index contributed by atoms with van der Waals surface area (Å²) in [5.74, 6) is -0.239. The lowest BCUT2D eigenvalue weighted by atomic mass is 9.99. The van der Waals surface area contributed by atoms with Gasteiger partial charge < -0.3 is 14.3 Å². The number of Topliss-reactive ketones (excluding diaryl/α,β-unsaturated/α-hetero) is 1. The molecule has 1 fully saturated rings. The Balaban J connectivity index is 1.86. The second-order valence-corrected chi connectivity index (χ2v) is 8.65. The number of benzene rings is 2. The highest BCUT2D eigenvalue weighted by molar-refractivity contribution is 6.51. The van der Waals surface area contributed by atoms with E-state index >= 15 is 0 Å². The van der Waals surface area contributed by atoms with Crippen molar-refractivity contribution in [2.45, 2.75) is 39.8 Å². The molecule has 1 aliphatic heterocycles. The van der Waals surface area contributed by atoms with Gasteiger partial charge in [0.1, 0.15) is 29.1 Å². The number of ketones is 1. The van der Waals surface area contributed by atoms with Gasteiger partial charge in [0.15, 0.2) is 0 Å². The van der Waals surface area contributed by atoms with E-state index in [1.807, 2.05) is 20.8 Å². The summed E-state index contributed by atoms with van der Waals surface area (Å²) in [5.41, 5.74) is 1.61. The van der Waals surface area contributed by atoms with Crippen LogP contribution in [0, 0.1) is 13.8 Å². The predicted molar refractivity (Wildman–Crippen MR) is 127 cm³/mol. The third-order valence-corrected chi connectivity index (χ3v) is 5.82. The fourth-order valence-corrected chi connectivity index (χ4v) is 3.99. The highest BCUT2D eigenvalue weighted by Gasteiger charge is 2.48. The number of ether oxygens (including phenoxy) is 1. The number of carbonyl (C=O) groups is 2. The van der Waals surface area contributed by atoms with Crippen LogP contribution in [0.15, 0.2) is 64.6 Å². The number of amides is 1. The Morgan fingerprint density at radius 2 is 1.76 bits per heavy atom. The second-order valence-electron chi connectivity index (χ2n) is 8.24. The van der Waals surface area contributed by atoms with Crippen LogP contribution in [-0.4, -0.2) is 22.9 Å². The standard InChI is InChI=1S/C26H24ClNO5/c1-14(2)32-19-10-7-17(8-11-19)24(29)22-23(21-12-6-16(4)33-21)28(26(31)25(22)30)18-9-5-15(3)20(27)13-18/h5-14,23,29H,1-4H3/b24-22-. The number of halogens is 1. The van der Waals surface area contributed by atoms with Crippen LogP contribution in [-0.2, 0) is 9.59 Å². The van der Waals surface area contributed by atoms with Crippen LogP contribution >= 0.6 is 11.6 Å². The van der Waals surface area contributed by atoms with Gasteiger partial charge in [-0.1, -0.05) is 17.7 Å². The van der Waals surface area contributed by atoms with Crippen LogP contribution in [0.25, 0.3) is 5.76 Å². The number of nitrogens with zero attached hydrogens (tertiary/aromatic N) is 1. The quantitative estimate of drug-likeness (QED) is 0.285. The van der Waals surface area contributed by atoms with Crippen molar-refractivity contribution < 1.29 is 23.8 Å². The highest BCUT2D eigenvalue weighted by Crippen LogP contribution is 2.43. The van der Waals surface area contributed by atoms with Gasteiger partial charge in [-0.3, -0.25) is 14.5 Å². The zero-order valence-corrected chi connectivity index (χ0v) is 19.5. The van der Waals surface area contributed by atoms with Gasteiger partial charge in [-0.25, -0.2) is 0 Å². The Morgan fingerprint density at radius 3 is 2.33 bits per heavy atom. The lowest BCUT2D eigenvalue weighted by Crippen LogP contribution is -2.29. The first-order chi connectivity index (χ1) is 15.7. The molecule has 1 aliphatic rings. The van der Waals surface area contributed by atoms with Gasteiger partial charge in [0.25, 0.3) is 11.7 Å². The molecule has 1 N–H and O–H groups in total. The summed E-state index contributed by atoms with van der Waals surface area (Å²) in [6, 6.07) is 14.3. The molecule has 2 aromatic carbocycles. The molecular weight excluding hydrogens is 442 g/mol. The van der Waals surface area contributed by atoms with E-state index in [2.05, 4.69) is 0 Å². The maximum absolute atomic E-state index is 13.2. The largest absolute Gasteiger partial charge is 0.507 e. The van der Waals surface area contributed by atoms with Gasteiger partial charge in [-0.2, -0.15) is 0 Å². The van der Waals surface area contributed by atoms with E-state index in [1.165, 1.54) is 4.90 Å². The predicted octanol–water partition coefficient (Wildman–Crippen LogP) is 5.96. The summed E-state index contributed by atoms with van der Waals surface area (Å²) < 4.78 is 11.5. The summed E-state index contributed by atoms with van der Waals surface area (Å²) in [6.45, 7) is 7.45. The molecule has 1 atom stereocenters. The molecule has 1 unspecified atom stereocenters. The van der Waals surface area contributed by atoms with Crippen LogP contribution in [0.4, 0.5) is 5.69 Å². The molecule has 2 heterocycles. The molecule has 4 rings (SSSR count). The second kappa shape index (κ2) is 8.79. The van der Waals surface area contributed by atoms with Gasteiger partial charge in [-0.15, -0.1) is 0 Å². The van der Waals surface area contributed by atoms with E-state index < -0.39 is 17.7 Å². The average Bonchev–Trinajstić information content (AvgIpc) is 3.31. The monoisotopic (exact) mass is 465 g/mol. The summed E-state index contributed by atoms with van der Waals surface area (Å²) in [6.07, 6.45) is -0.00158. The van der Waals surface area contributed by atoms with Crippen molar-refractivity contribution in [1.29, 1.82) is 0 Å². The molecule has 7 heteroatoms. The first-order valence-corrected chi connectivity index (χ1v) is 11.0. The Bertz CT molecular complexity index is 1260. The molecular formula is C26H24ClNO5.